The van der Waals surface area contributed by atoms with E-state index in [1.807, 2.05) is 0 Å². The average molecular weight is 213 g/mol. The molecule has 0 fully saturated rings. The Morgan fingerprint density at radius 2 is 2.29 bits per heavy atom. The first-order chi connectivity index (χ1) is 6.61. The van der Waals surface area contributed by atoms with Gasteiger partial charge in [0, 0.05) is 7.05 Å². The molecule has 0 aliphatic rings. The molecule has 14 heavy (non-hydrogen) atoms. The van der Waals surface area contributed by atoms with Gasteiger partial charge < -0.3 is 0 Å². The number of nitro benzene ring substituents is 1. The molecule has 0 N–H and O–H groups in total. The highest BCUT2D eigenvalue weighted by Crippen LogP contribution is 2.31. The molecule has 2 rings (SSSR count). The molecule has 72 valence electrons. The van der Waals surface area contributed by atoms with Crippen molar-refractivity contribution in [3.05, 3.63) is 27.3 Å². The van der Waals surface area contributed by atoms with Crippen LogP contribution in [0, 0.1) is 10.1 Å². The van der Waals surface area contributed by atoms with Crippen molar-refractivity contribution in [1.29, 1.82) is 0 Å². The topological polar surface area (TPSA) is 73.8 Å². The van der Waals surface area contributed by atoms with E-state index in [4.69, 9.17) is 11.6 Å². The van der Waals surface area contributed by atoms with Gasteiger partial charge in [0.15, 0.2) is 5.52 Å². The summed E-state index contributed by atoms with van der Waals surface area (Å²) >= 11 is 5.72. The van der Waals surface area contributed by atoms with Gasteiger partial charge in [-0.3, -0.25) is 10.1 Å². The lowest BCUT2D eigenvalue weighted by atomic mass is 10.2. The van der Waals surface area contributed by atoms with Crippen LogP contribution in [-0.2, 0) is 7.05 Å². The predicted octanol–water partition coefficient (Wildman–Crippen LogP) is 1.53. The molecule has 0 radical (unpaired) electrons. The van der Waals surface area contributed by atoms with Gasteiger partial charge in [0.1, 0.15) is 10.5 Å². The zero-order valence-electron chi connectivity index (χ0n) is 7.14. The summed E-state index contributed by atoms with van der Waals surface area (Å²) in [5.74, 6) is 0. The summed E-state index contributed by atoms with van der Waals surface area (Å²) in [6.45, 7) is 0. The summed E-state index contributed by atoms with van der Waals surface area (Å²) in [7, 11) is 1.58. The Bertz CT molecular complexity index is 522. The predicted molar refractivity (Wildman–Crippen MR) is 50.2 cm³/mol. The molecule has 2 aromatic rings. The molecule has 0 atom stereocenters. The number of aromatic nitrogens is 3. The highest BCUT2D eigenvalue weighted by molar-refractivity contribution is 6.33. The number of hydrogen-bond acceptors (Lipinski definition) is 4. The number of nitro groups is 1. The summed E-state index contributed by atoms with van der Waals surface area (Å²) < 4.78 is 1.33. The maximum Gasteiger partial charge on any atom is 0.315 e. The number of aryl methyl sites for hydroxylation is 1. The minimum atomic E-state index is -0.534. The number of benzene rings is 1. The van der Waals surface area contributed by atoms with Crippen LogP contribution in [0.25, 0.3) is 11.0 Å². The van der Waals surface area contributed by atoms with Crippen LogP contribution in [0.5, 0.6) is 0 Å². The summed E-state index contributed by atoms with van der Waals surface area (Å²) in [6, 6.07) is 3.04. The van der Waals surface area contributed by atoms with Crippen molar-refractivity contribution in [3.63, 3.8) is 0 Å². The second-order valence-electron chi connectivity index (χ2n) is 2.73. The third kappa shape index (κ3) is 1.12. The molecule has 0 unspecified atom stereocenters. The Morgan fingerprint density at radius 1 is 1.57 bits per heavy atom. The van der Waals surface area contributed by atoms with E-state index in [0.29, 0.717) is 11.0 Å². The van der Waals surface area contributed by atoms with Crippen LogP contribution in [-0.4, -0.2) is 19.9 Å². The summed E-state index contributed by atoms with van der Waals surface area (Å²) in [5, 5.41) is 18.3. The zero-order valence-corrected chi connectivity index (χ0v) is 7.89. The fraction of sp³-hybridized carbons (Fsp3) is 0.143. The first-order valence-corrected chi connectivity index (χ1v) is 4.11. The Kier molecular flexibility index (Phi) is 1.85. The van der Waals surface area contributed by atoms with Crippen molar-refractivity contribution >= 4 is 28.3 Å². The largest absolute Gasteiger partial charge is 0.315 e. The van der Waals surface area contributed by atoms with E-state index in [1.54, 1.807) is 13.1 Å². The van der Waals surface area contributed by atoms with Crippen molar-refractivity contribution in [2.45, 2.75) is 0 Å². The zero-order chi connectivity index (χ0) is 10.3. The van der Waals surface area contributed by atoms with E-state index in [-0.39, 0.29) is 10.7 Å². The molecule has 1 aromatic heterocycles. The van der Waals surface area contributed by atoms with Gasteiger partial charge in [-0.05, 0) is 12.1 Å². The van der Waals surface area contributed by atoms with Crippen LogP contribution in [0.2, 0.25) is 5.02 Å². The van der Waals surface area contributed by atoms with Gasteiger partial charge in [-0.1, -0.05) is 16.8 Å². The number of halogens is 1. The van der Waals surface area contributed by atoms with Gasteiger partial charge in [-0.2, -0.15) is 0 Å². The minimum Gasteiger partial charge on any atom is -0.258 e. The fourth-order valence-corrected chi connectivity index (χ4v) is 1.50. The van der Waals surface area contributed by atoms with E-state index in [1.165, 1.54) is 10.7 Å². The van der Waals surface area contributed by atoms with Gasteiger partial charge in [0.05, 0.1) is 4.92 Å². The van der Waals surface area contributed by atoms with Gasteiger partial charge in [0.25, 0.3) is 0 Å². The maximum atomic E-state index is 10.7. The van der Waals surface area contributed by atoms with E-state index in [0.717, 1.165) is 0 Å². The van der Waals surface area contributed by atoms with Crippen LogP contribution >= 0.6 is 11.6 Å². The van der Waals surface area contributed by atoms with Gasteiger partial charge in [-0.25, -0.2) is 4.68 Å². The molecule has 0 bridgehead atoms. The SMILES string of the molecule is Cn1nnc2ccc(Cl)c([N+](=O)[O-])c21. The maximum absolute atomic E-state index is 10.7. The summed E-state index contributed by atoms with van der Waals surface area (Å²) in [6.07, 6.45) is 0. The van der Waals surface area contributed by atoms with Crippen LogP contribution in [0.3, 0.4) is 0 Å². The number of rotatable bonds is 1. The Hall–Kier alpha value is -1.69. The van der Waals surface area contributed by atoms with Crippen molar-refractivity contribution in [2.75, 3.05) is 0 Å². The highest BCUT2D eigenvalue weighted by Gasteiger charge is 2.20. The molecule has 0 aliphatic carbocycles. The molecule has 1 heterocycles. The number of hydrogen-bond donors (Lipinski definition) is 0. The third-order valence-corrected chi connectivity index (χ3v) is 2.18. The van der Waals surface area contributed by atoms with Crippen LogP contribution < -0.4 is 0 Å². The van der Waals surface area contributed by atoms with Crippen LogP contribution in [0.1, 0.15) is 0 Å². The third-order valence-electron chi connectivity index (χ3n) is 1.87. The highest BCUT2D eigenvalue weighted by atomic mass is 35.5. The lowest BCUT2D eigenvalue weighted by Crippen LogP contribution is -1.96. The number of nitrogens with zero attached hydrogens (tertiary/aromatic N) is 4. The molecular weight excluding hydrogens is 208 g/mol. The first-order valence-electron chi connectivity index (χ1n) is 3.73. The quantitative estimate of drug-likeness (QED) is 0.531. The van der Waals surface area contributed by atoms with Crippen LogP contribution in [0.15, 0.2) is 12.1 Å². The van der Waals surface area contributed by atoms with Gasteiger partial charge in [-0.15, -0.1) is 5.10 Å². The lowest BCUT2D eigenvalue weighted by molar-refractivity contribution is -0.383. The van der Waals surface area contributed by atoms with E-state index in [2.05, 4.69) is 10.3 Å². The molecule has 0 aliphatic heterocycles. The smallest absolute Gasteiger partial charge is 0.258 e. The van der Waals surface area contributed by atoms with Crippen molar-refractivity contribution in [2.24, 2.45) is 7.05 Å². The van der Waals surface area contributed by atoms with Crippen molar-refractivity contribution in [3.8, 4) is 0 Å². The molecule has 0 saturated carbocycles. The normalized spacial score (nSPS) is 10.7. The monoisotopic (exact) mass is 212 g/mol. The van der Waals surface area contributed by atoms with Gasteiger partial charge in [0.2, 0.25) is 0 Å². The molecule has 0 spiro atoms. The van der Waals surface area contributed by atoms with Crippen LogP contribution in [0.4, 0.5) is 5.69 Å². The Balaban J connectivity index is 2.94. The molecular formula is C7H5ClN4O2. The van der Waals surface area contributed by atoms with E-state index >= 15 is 0 Å². The second-order valence-corrected chi connectivity index (χ2v) is 3.14. The molecule has 6 nitrogen and oxygen atoms in total. The second kappa shape index (κ2) is 2.91. The van der Waals surface area contributed by atoms with Gasteiger partial charge >= 0.3 is 5.69 Å². The lowest BCUT2D eigenvalue weighted by Gasteiger charge is -1.97. The molecule has 0 amide bonds. The van der Waals surface area contributed by atoms with E-state index < -0.39 is 4.92 Å². The van der Waals surface area contributed by atoms with E-state index in [9.17, 15) is 10.1 Å². The van der Waals surface area contributed by atoms with Crippen molar-refractivity contribution in [1.82, 2.24) is 15.0 Å². The summed E-state index contributed by atoms with van der Waals surface area (Å²) in [5.41, 5.74) is 0.641. The Morgan fingerprint density at radius 3 is 2.93 bits per heavy atom. The summed E-state index contributed by atoms with van der Waals surface area (Å²) in [4.78, 5) is 10.2. The minimum absolute atomic E-state index is 0.0906. The van der Waals surface area contributed by atoms with Crippen molar-refractivity contribution < 1.29 is 4.92 Å². The Labute approximate surface area is 83.2 Å². The molecule has 1 aromatic carbocycles. The average Bonchev–Trinajstić information content (AvgIpc) is 2.47. The first kappa shape index (κ1) is 8.89. The fourth-order valence-electron chi connectivity index (χ4n) is 1.28. The number of fused-ring (bicyclic) bond motifs is 1. The molecule has 0 saturated heterocycles. The standard InChI is InChI=1S/C7H5ClN4O2/c1-11-7-5(9-10-11)3-2-4(8)6(7)12(13)14/h2-3H,1H3. The molecule has 7 heteroatoms.